The molecule has 0 saturated carbocycles. The van der Waals surface area contributed by atoms with E-state index in [-0.39, 0.29) is 11.7 Å². The van der Waals surface area contributed by atoms with Crippen LogP contribution in [-0.4, -0.2) is 26.8 Å². The highest BCUT2D eigenvalue weighted by molar-refractivity contribution is 8.26. The molecule has 1 aliphatic heterocycles. The number of nitrogens with zero attached hydrogens (tertiary/aromatic N) is 1. The number of carbonyl (C=O) groups excluding carboxylic acids is 1. The fourth-order valence-corrected chi connectivity index (χ4v) is 4.13. The van der Waals surface area contributed by atoms with Crippen LogP contribution in [-0.2, 0) is 11.2 Å². The number of hydrogen-bond donors (Lipinski definition) is 1. The molecule has 0 unspecified atom stereocenters. The van der Waals surface area contributed by atoms with E-state index < -0.39 is 0 Å². The van der Waals surface area contributed by atoms with Gasteiger partial charge in [-0.05, 0) is 41.6 Å². The maximum Gasteiger partial charge on any atom is 0.266 e. The van der Waals surface area contributed by atoms with E-state index in [0.29, 0.717) is 22.2 Å². The van der Waals surface area contributed by atoms with E-state index in [4.69, 9.17) is 12.2 Å². The quantitative estimate of drug-likeness (QED) is 0.673. The van der Waals surface area contributed by atoms with Crippen LogP contribution in [0.15, 0.2) is 46.7 Å². The number of phenolic OH excluding ortho intramolecular Hbond substituents is 1. The molecule has 22 heavy (non-hydrogen) atoms. The third kappa shape index (κ3) is 3.40. The topological polar surface area (TPSA) is 40.5 Å². The standard InChI is InChI=1S/C16H13NO2S3/c18-12-5-3-11(4-6-12)7-8-17-15(19)14(22-16(17)20)10-13-2-1-9-21-13/h1-6,9-10,18H,7-8H2/b14-10+. The van der Waals surface area contributed by atoms with Gasteiger partial charge in [-0.1, -0.05) is 42.2 Å². The SMILES string of the molecule is O=C1/C(=C\c2cccs2)SC(=S)N1CCc1ccc(O)cc1. The van der Waals surface area contributed by atoms with Crippen LogP contribution in [0.3, 0.4) is 0 Å². The third-order valence-corrected chi connectivity index (χ3v) is 5.45. The molecule has 112 valence electrons. The number of hydrogen-bond acceptors (Lipinski definition) is 5. The van der Waals surface area contributed by atoms with Gasteiger partial charge in [0.2, 0.25) is 0 Å². The van der Waals surface area contributed by atoms with Crippen molar-refractivity contribution < 1.29 is 9.90 Å². The second kappa shape index (κ2) is 6.64. The summed E-state index contributed by atoms with van der Waals surface area (Å²) in [6.45, 7) is 0.553. The fraction of sp³-hybridized carbons (Fsp3) is 0.125. The second-order valence-corrected chi connectivity index (χ2v) is 7.42. The second-order valence-electron chi connectivity index (χ2n) is 4.77. The molecular formula is C16H13NO2S3. The lowest BCUT2D eigenvalue weighted by molar-refractivity contribution is -0.122. The van der Waals surface area contributed by atoms with Gasteiger partial charge in [0, 0.05) is 11.4 Å². The predicted molar refractivity (Wildman–Crippen MR) is 96.0 cm³/mol. The molecule has 3 nitrogen and oxygen atoms in total. The van der Waals surface area contributed by atoms with Crippen LogP contribution in [0.1, 0.15) is 10.4 Å². The number of benzene rings is 1. The van der Waals surface area contributed by atoms with Crippen molar-refractivity contribution >= 4 is 51.6 Å². The molecule has 6 heteroatoms. The van der Waals surface area contributed by atoms with Gasteiger partial charge in [0.1, 0.15) is 10.1 Å². The van der Waals surface area contributed by atoms with Crippen molar-refractivity contribution in [3.63, 3.8) is 0 Å². The molecule has 1 aliphatic rings. The summed E-state index contributed by atoms with van der Waals surface area (Å²) in [5, 5.41) is 11.3. The van der Waals surface area contributed by atoms with Crippen molar-refractivity contribution in [2.45, 2.75) is 6.42 Å². The van der Waals surface area contributed by atoms with Crippen LogP contribution in [0, 0.1) is 0 Å². The summed E-state index contributed by atoms with van der Waals surface area (Å²) < 4.78 is 0.603. The Morgan fingerprint density at radius 2 is 2.00 bits per heavy atom. The summed E-state index contributed by atoms with van der Waals surface area (Å²) in [6, 6.07) is 10.9. The number of thioether (sulfide) groups is 1. The van der Waals surface area contributed by atoms with Gasteiger partial charge < -0.3 is 5.11 Å². The van der Waals surface area contributed by atoms with E-state index in [0.717, 1.165) is 10.4 Å². The first-order chi connectivity index (χ1) is 10.6. The summed E-state index contributed by atoms with van der Waals surface area (Å²) in [4.78, 5) is 15.8. The molecule has 0 spiro atoms. The minimum atomic E-state index is -0.0258. The molecule has 2 aromatic rings. The Balaban J connectivity index is 1.68. The van der Waals surface area contributed by atoms with E-state index in [9.17, 15) is 9.90 Å². The third-order valence-electron chi connectivity index (χ3n) is 3.25. The monoisotopic (exact) mass is 347 g/mol. The van der Waals surface area contributed by atoms with E-state index in [2.05, 4.69) is 0 Å². The first kappa shape index (κ1) is 15.3. The number of amides is 1. The highest BCUT2D eigenvalue weighted by Gasteiger charge is 2.31. The lowest BCUT2D eigenvalue weighted by Gasteiger charge is -2.14. The number of thiocarbonyl (C=S) groups is 1. The van der Waals surface area contributed by atoms with E-state index in [1.165, 1.54) is 11.8 Å². The van der Waals surface area contributed by atoms with Gasteiger partial charge >= 0.3 is 0 Å². The largest absolute Gasteiger partial charge is 0.508 e. The van der Waals surface area contributed by atoms with Crippen molar-refractivity contribution in [2.75, 3.05) is 6.54 Å². The van der Waals surface area contributed by atoms with Crippen molar-refractivity contribution in [1.82, 2.24) is 4.90 Å². The minimum Gasteiger partial charge on any atom is -0.508 e. The number of thiophene rings is 1. The Bertz CT molecular complexity index is 720. The Kier molecular flexibility index (Phi) is 4.61. The van der Waals surface area contributed by atoms with Crippen LogP contribution < -0.4 is 0 Å². The first-order valence-corrected chi connectivity index (χ1v) is 8.81. The van der Waals surface area contributed by atoms with Crippen LogP contribution in [0.4, 0.5) is 0 Å². The first-order valence-electron chi connectivity index (χ1n) is 6.70. The molecule has 1 saturated heterocycles. The van der Waals surface area contributed by atoms with Crippen molar-refractivity contribution in [3.8, 4) is 5.75 Å². The summed E-state index contributed by atoms with van der Waals surface area (Å²) in [5.41, 5.74) is 1.06. The Labute approximate surface area is 142 Å². The minimum absolute atomic E-state index is 0.0258. The van der Waals surface area contributed by atoms with Crippen LogP contribution in [0.5, 0.6) is 5.75 Å². The van der Waals surface area contributed by atoms with Gasteiger partial charge in [0.15, 0.2) is 0 Å². The molecule has 2 heterocycles. The Morgan fingerprint density at radius 3 is 2.68 bits per heavy atom. The molecule has 1 fully saturated rings. The maximum atomic E-state index is 12.4. The molecule has 1 aromatic heterocycles. The van der Waals surface area contributed by atoms with Gasteiger partial charge in [-0.3, -0.25) is 9.69 Å². The van der Waals surface area contributed by atoms with Gasteiger partial charge in [-0.15, -0.1) is 11.3 Å². The summed E-state index contributed by atoms with van der Waals surface area (Å²) in [5.74, 6) is 0.218. The normalized spacial score (nSPS) is 16.7. The van der Waals surface area contributed by atoms with E-state index in [1.54, 1.807) is 28.4 Å². The molecule has 0 atom stereocenters. The van der Waals surface area contributed by atoms with Crippen molar-refractivity contribution in [2.24, 2.45) is 0 Å². The molecule has 3 rings (SSSR count). The molecule has 0 radical (unpaired) electrons. The van der Waals surface area contributed by atoms with Crippen LogP contribution in [0.25, 0.3) is 6.08 Å². The summed E-state index contributed by atoms with van der Waals surface area (Å²) in [7, 11) is 0. The van der Waals surface area contributed by atoms with Gasteiger partial charge in [0.05, 0.1) is 4.91 Å². The lowest BCUT2D eigenvalue weighted by atomic mass is 10.1. The zero-order valence-electron chi connectivity index (χ0n) is 11.6. The van der Waals surface area contributed by atoms with Crippen LogP contribution in [0.2, 0.25) is 0 Å². The highest BCUT2D eigenvalue weighted by atomic mass is 32.2. The number of carbonyl (C=O) groups is 1. The van der Waals surface area contributed by atoms with Crippen molar-refractivity contribution in [3.05, 3.63) is 57.1 Å². The molecule has 1 amide bonds. The van der Waals surface area contributed by atoms with Crippen molar-refractivity contribution in [1.29, 1.82) is 0 Å². The Morgan fingerprint density at radius 1 is 1.23 bits per heavy atom. The number of rotatable bonds is 4. The number of aromatic hydroxyl groups is 1. The molecule has 0 aliphatic carbocycles. The fourth-order valence-electron chi connectivity index (χ4n) is 2.10. The van der Waals surface area contributed by atoms with Gasteiger partial charge in [-0.2, -0.15) is 0 Å². The maximum absolute atomic E-state index is 12.4. The predicted octanol–water partition coefficient (Wildman–Crippen LogP) is 3.90. The van der Waals surface area contributed by atoms with E-state index in [1.807, 2.05) is 35.7 Å². The van der Waals surface area contributed by atoms with E-state index >= 15 is 0 Å². The lowest BCUT2D eigenvalue weighted by Crippen LogP contribution is -2.30. The average Bonchev–Trinajstić information content (AvgIpc) is 3.09. The van der Waals surface area contributed by atoms with Crippen LogP contribution >= 0.6 is 35.3 Å². The van der Waals surface area contributed by atoms with Gasteiger partial charge in [-0.25, -0.2) is 0 Å². The zero-order valence-corrected chi connectivity index (χ0v) is 14.0. The Hall–Kier alpha value is -1.63. The van der Waals surface area contributed by atoms with Gasteiger partial charge in [0.25, 0.3) is 5.91 Å². The molecular weight excluding hydrogens is 334 g/mol. The summed E-state index contributed by atoms with van der Waals surface area (Å²) >= 11 is 8.27. The zero-order chi connectivity index (χ0) is 15.5. The molecule has 1 N–H and O–H groups in total. The smallest absolute Gasteiger partial charge is 0.266 e. The summed E-state index contributed by atoms with van der Waals surface area (Å²) in [6.07, 6.45) is 2.60. The highest BCUT2D eigenvalue weighted by Crippen LogP contribution is 2.33. The molecule has 1 aromatic carbocycles. The number of phenols is 1. The average molecular weight is 347 g/mol. The molecule has 0 bridgehead atoms.